The summed E-state index contributed by atoms with van der Waals surface area (Å²) in [5.74, 6) is 0.961. The molecule has 0 amide bonds. The molecule has 0 unspecified atom stereocenters. The van der Waals surface area contributed by atoms with Gasteiger partial charge in [-0.25, -0.2) is 0 Å². The highest BCUT2D eigenvalue weighted by molar-refractivity contribution is 6.30. The molecule has 1 aliphatic rings. The summed E-state index contributed by atoms with van der Waals surface area (Å²) in [5, 5.41) is 12.1. The van der Waals surface area contributed by atoms with E-state index in [1.54, 1.807) is 7.11 Å². The summed E-state index contributed by atoms with van der Waals surface area (Å²) in [6, 6.07) is 16.1. The number of piperidine rings is 1. The predicted octanol–water partition coefficient (Wildman–Crippen LogP) is 4.57. The van der Waals surface area contributed by atoms with E-state index >= 15 is 0 Å². The molecule has 1 fully saturated rings. The third kappa shape index (κ3) is 3.20. The molecule has 0 saturated carbocycles. The van der Waals surface area contributed by atoms with Crippen LogP contribution in [0.25, 0.3) is 22.0 Å². The molecule has 1 saturated heterocycles. The minimum Gasteiger partial charge on any atom is -0.381 e. The van der Waals surface area contributed by atoms with Crippen LogP contribution in [0.4, 0.5) is 5.82 Å². The lowest BCUT2D eigenvalue weighted by Gasteiger charge is -2.32. The van der Waals surface area contributed by atoms with Crippen molar-refractivity contribution in [3.8, 4) is 11.3 Å². The molecule has 0 N–H and O–H groups in total. The Hall–Kier alpha value is -2.17. The smallest absolute Gasteiger partial charge is 0.159 e. The molecular weight excluding hydrogens is 334 g/mol. The summed E-state index contributed by atoms with van der Waals surface area (Å²) in [4.78, 5) is 2.32. The van der Waals surface area contributed by atoms with Gasteiger partial charge >= 0.3 is 0 Å². The zero-order valence-electron chi connectivity index (χ0n) is 14.2. The van der Waals surface area contributed by atoms with Gasteiger partial charge < -0.3 is 9.64 Å². The van der Waals surface area contributed by atoms with Crippen molar-refractivity contribution < 1.29 is 4.74 Å². The maximum Gasteiger partial charge on any atom is 0.159 e. The van der Waals surface area contributed by atoms with Crippen molar-refractivity contribution in [1.82, 2.24) is 10.2 Å². The van der Waals surface area contributed by atoms with Gasteiger partial charge in [-0.15, -0.1) is 10.2 Å². The highest BCUT2D eigenvalue weighted by Crippen LogP contribution is 2.33. The molecule has 4 nitrogen and oxygen atoms in total. The first kappa shape index (κ1) is 16.3. The topological polar surface area (TPSA) is 38.2 Å². The van der Waals surface area contributed by atoms with Crippen LogP contribution >= 0.6 is 11.6 Å². The summed E-state index contributed by atoms with van der Waals surface area (Å²) in [7, 11) is 1.79. The van der Waals surface area contributed by atoms with Crippen LogP contribution in [0.15, 0.2) is 48.5 Å². The van der Waals surface area contributed by atoms with Gasteiger partial charge in [0.25, 0.3) is 0 Å². The fourth-order valence-corrected chi connectivity index (χ4v) is 3.57. The van der Waals surface area contributed by atoms with Crippen LogP contribution in [0.3, 0.4) is 0 Å². The molecule has 0 aliphatic carbocycles. The second-order valence-electron chi connectivity index (χ2n) is 6.35. The Morgan fingerprint density at radius 3 is 2.32 bits per heavy atom. The molecule has 2 heterocycles. The van der Waals surface area contributed by atoms with E-state index in [0.29, 0.717) is 6.10 Å². The third-order valence-corrected chi connectivity index (χ3v) is 5.11. The van der Waals surface area contributed by atoms with Gasteiger partial charge in [0.15, 0.2) is 5.82 Å². The van der Waals surface area contributed by atoms with Crippen LogP contribution in [-0.2, 0) is 4.74 Å². The lowest BCUT2D eigenvalue weighted by Crippen LogP contribution is -2.37. The minimum absolute atomic E-state index is 0.351. The third-order valence-electron chi connectivity index (χ3n) is 4.86. The van der Waals surface area contributed by atoms with Crippen LogP contribution in [0.1, 0.15) is 12.8 Å². The Kier molecular flexibility index (Phi) is 4.55. The summed E-state index contributed by atoms with van der Waals surface area (Å²) >= 11 is 6.01. The monoisotopic (exact) mass is 353 g/mol. The number of hydrogen-bond donors (Lipinski definition) is 0. The average molecular weight is 354 g/mol. The lowest BCUT2D eigenvalue weighted by molar-refractivity contribution is 0.0818. The molecule has 2 aromatic carbocycles. The van der Waals surface area contributed by atoms with Crippen molar-refractivity contribution >= 4 is 28.2 Å². The molecule has 25 heavy (non-hydrogen) atoms. The average Bonchev–Trinajstić information content (AvgIpc) is 2.68. The number of hydrogen-bond acceptors (Lipinski definition) is 4. The van der Waals surface area contributed by atoms with E-state index in [1.807, 2.05) is 30.3 Å². The number of aromatic nitrogens is 2. The van der Waals surface area contributed by atoms with Crippen LogP contribution in [0, 0.1) is 0 Å². The van der Waals surface area contributed by atoms with Crippen molar-refractivity contribution in [2.45, 2.75) is 18.9 Å². The van der Waals surface area contributed by atoms with Crippen LogP contribution in [0.5, 0.6) is 0 Å². The number of anilines is 1. The molecule has 0 spiro atoms. The first-order chi connectivity index (χ1) is 12.3. The van der Waals surface area contributed by atoms with Gasteiger partial charge in [-0.2, -0.15) is 0 Å². The van der Waals surface area contributed by atoms with Gasteiger partial charge in [-0.05, 0) is 25.0 Å². The molecule has 3 aromatic rings. The van der Waals surface area contributed by atoms with Crippen molar-refractivity contribution in [3.05, 3.63) is 53.6 Å². The van der Waals surface area contributed by atoms with E-state index in [1.165, 1.54) is 0 Å². The zero-order chi connectivity index (χ0) is 17.2. The van der Waals surface area contributed by atoms with Gasteiger partial charge in [0.2, 0.25) is 0 Å². The maximum atomic E-state index is 6.01. The molecule has 0 atom stereocenters. The van der Waals surface area contributed by atoms with Crippen molar-refractivity contribution in [3.63, 3.8) is 0 Å². The molecule has 0 radical (unpaired) electrons. The summed E-state index contributed by atoms with van der Waals surface area (Å²) in [5.41, 5.74) is 1.92. The molecule has 128 valence electrons. The number of nitrogens with zero attached hydrogens (tertiary/aromatic N) is 3. The first-order valence-electron chi connectivity index (χ1n) is 8.55. The van der Waals surface area contributed by atoms with E-state index < -0.39 is 0 Å². The number of rotatable bonds is 3. The normalized spacial score (nSPS) is 15.7. The molecule has 4 rings (SSSR count). The Bertz CT molecular complexity index is 874. The number of fused-ring (bicyclic) bond motifs is 1. The van der Waals surface area contributed by atoms with Gasteiger partial charge in [-0.1, -0.05) is 48.0 Å². The Balaban J connectivity index is 1.76. The first-order valence-corrected chi connectivity index (χ1v) is 8.93. The van der Waals surface area contributed by atoms with Crippen molar-refractivity contribution in [1.29, 1.82) is 0 Å². The number of halogens is 1. The Morgan fingerprint density at radius 1 is 0.960 bits per heavy atom. The highest BCUT2D eigenvalue weighted by Gasteiger charge is 2.22. The van der Waals surface area contributed by atoms with E-state index in [9.17, 15) is 0 Å². The van der Waals surface area contributed by atoms with E-state index in [0.717, 1.165) is 58.8 Å². The second-order valence-corrected chi connectivity index (χ2v) is 6.78. The summed E-state index contributed by atoms with van der Waals surface area (Å²) in [6.45, 7) is 1.88. The Morgan fingerprint density at radius 2 is 1.64 bits per heavy atom. The second kappa shape index (κ2) is 6.98. The molecule has 5 heteroatoms. The van der Waals surface area contributed by atoms with Gasteiger partial charge in [0.05, 0.1) is 6.10 Å². The SMILES string of the molecule is COC1CCN(c2nnc(-c3ccc(Cl)cc3)c3ccccc23)CC1. The molecule has 1 aliphatic heterocycles. The van der Waals surface area contributed by atoms with Crippen molar-refractivity contribution in [2.24, 2.45) is 0 Å². The number of ether oxygens (including phenoxy) is 1. The van der Waals surface area contributed by atoms with Gasteiger partial charge in [0, 0.05) is 41.6 Å². The van der Waals surface area contributed by atoms with E-state index in [4.69, 9.17) is 16.3 Å². The minimum atomic E-state index is 0.351. The predicted molar refractivity (Wildman–Crippen MR) is 102 cm³/mol. The molecule has 1 aromatic heterocycles. The van der Waals surface area contributed by atoms with Crippen molar-refractivity contribution in [2.75, 3.05) is 25.1 Å². The zero-order valence-corrected chi connectivity index (χ0v) is 14.9. The maximum absolute atomic E-state index is 6.01. The quantitative estimate of drug-likeness (QED) is 0.691. The number of methoxy groups -OCH3 is 1. The highest BCUT2D eigenvalue weighted by atomic mass is 35.5. The number of benzene rings is 2. The van der Waals surface area contributed by atoms with Gasteiger partial charge in [0.1, 0.15) is 5.69 Å². The van der Waals surface area contributed by atoms with Crippen LogP contribution in [0.2, 0.25) is 5.02 Å². The lowest BCUT2D eigenvalue weighted by atomic mass is 10.0. The van der Waals surface area contributed by atoms with Crippen LogP contribution < -0.4 is 4.90 Å². The fourth-order valence-electron chi connectivity index (χ4n) is 3.45. The Labute approximate surface area is 152 Å². The van der Waals surface area contributed by atoms with Crippen LogP contribution in [-0.4, -0.2) is 36.5 Å². The summed E-state index contributed by atoms with van der Waals surface area (Å²) < 4.78 is 5.48. The van der Waals surface area contributed by atoms with Gasteiger partial charge in [-0.3, -0.25) is 0 Å². The fraction of sp³-hybridized carbons (Fsp3) is 0.300. The largest absolute Gasteiger partial charge is 0.381 e. The molecule has 0 bridgehead atoms. The molecular formula is C20H20ClN3O. The van der Waals surface area contributed by atoms with E-state index in [-0.39, 0.29) is 0 Å². The van der Waals surface area contributed by atoms with E-state index in [2.05, 4.69) is 33.3 Å². The standard InChI is InChI=1S/C20H20ClN3O/c1-25-16-10-12-24(13-11-16)20-18-5-3-2-4-17(18)19(22-23-20)14-6-8-15(21)9-7-14/h2-9,16H,10-13H2,1H3. The summed E-state index contributed by atoms with van der Waals surface area (Å²) in [6.07, 6.45) is 2.39.